The smallest absolute Gasteiger partial charge is 0.383 e. The first-order valence-electron chi connectivity index (χ1n) is 5.29. The van der Waals surface area contributed by atoms with Crippen molar-refractivity contribution in [2.75, 3.05) is 5.73 Å². The predicted octanol–water partition coefficient (Wildman–Crippen LogP) is 3.89. The van der Waals surface area contributed by atoms with Crippen molar-refractivity contribution in [3.05, 3.63) is 58.7 Å². The number of alkyl halides is 3. The number of hydrogen-bond acceptors (Lipinski definition) is 3. The number of nitrogen functional groups attached to an aromatic ring is 1. The highest BCUT2D eigenvalue weighted by Crippen LogP contribution is 2.28. The highest BCUT2D eigenvalue weighted by atomic mass is 35.5. The van der Waals surface area contributed by atoms with Gasteiger partial charge in [0.15, 0.2) is 0 Å². The first kappa shape index (κ1) is 15.8. The molecule has 1 aromatic heterocycles. The molecule has 2 aromatic rings. The zero-order valence-corrected chi connectivity index (χ0v) is 10.8. The highest BCUT2D eigenvalue weighted by molar-refractivity contribution is 6.30. The minimum absolute atomic E-state index is 0.0620. The van der Waals surface area contributed by atoms with Gasteiger partial charge in [-0.25, -0.2) is 4.98 Å². The Morgan fingerprint density at radius 1 is 1.10 bits per heavy atom. The Labute approximate surface area is 118 Å². The van der Waals surface area contributed by atoms with Gasteiger partial charge in [0.1, 0.15) is 17.6 Å². The maximum Gasteiger partial charge on any atom is 0.433 e. The standard InChI is InChI=1S/C7H4F3N3.C6H5Cl/c8-7(9,10)5-2-1-4(3-11)6(12)13-5;7-6-4-2-1-3-5-6/h1-2H,(H2,12,13);1-5H. The molecule has 0 aliphatic carbocycles. The second kappa shape index (κ2) is 6.78. The Hall–Kier alpha value is -2.26. The molecular weight excluding hydrogens is 291 g/mol. The van der Waals surface area contributed by atoms with E-state index in [1.165, 1.54) is 0 Å². The summed E-state index contributed by atoms with van der Waals surface area (Å²) in [6.45, 7) is 0. The van der Waals surface area contributed by atoms with E-state index < -0.39 is 17.7 Å². The van der Waals surface area contributed by atoms with Gasteiger partial charge in [0.2, 0.25) is 0 Å². The number of halogens is 4. The number of benzene rings is 1. The Balaban J connectivity index is 0.000000240. The van der Waals surface area contributed by atoms with Crippen LogP contribution in [0.4, 0.5) is 19.0 Å². The Morgan fingerprint density at radius 2 is 1.70 bits per heavy atom. The van der Waals surface area contributed by atoms with Crippen LogP contribution in [0.3, 0.4) is 0 Å². The molecule has 0 atom stereocenters. The lowest BCUT2D eigenvalue weighted by Crippen LogP contribution is -2.09. The van der Waals surface area contributed by atoms with E-state index in [2.05, 4.69) is 4.98 Å². The van der Waals surface area contributed by atoms with E-state index in [-0.39, 0.29) is 5.56 Å². The summed E-state index contributed by atoms with van der Waals surface area (Å²) in [7, 11) is 0. The monoisotopic (exact) mass is 299 g/mol. The van der Waals surface area contributed by atoms with Crippen LogP contribution in [0.1, 0.15) is 11.3 Å². The largest absolute Gasteiger partial charge is 0.433 e. The lowest BCUT2D eigenvalue weighted by molar-refractivity contribution is -0.141. The minimum Gasteiger partial charge on any atom is -0.383 e. The van der Waals surface area contributed by atoms with Crippen LogP contribution in [0.5, 0.6) is 0 Å². The summed E-state index contributed by atoms with van der Waals surface area (Å²) in [6.07, 6.45) is -4.53. The summed E-state index contributed by atoms with van der Waals surface area (Å²) >= 11 is 5.54. The lowest BCUT2D eigenvalue weighted by atomic mass is 10.2. The van der Waals surface area contributed by atoms with E-state index in [9.17, 15) is 13.2 Å². The van der Waals surface area contributed by atoms with Crippen LogP contribution in [0.2, 0.25) is 5.02 Å². The van der Waals surface area contributed by atoms with Gasteiger partial charge in [-0.2, -0.15) is 18.4 Å². The topological polar surface area (TPSA) is 62.7 Å². The Kier molecular flexibility index (Phi) is 5.35. The maximum atomic E-state index is 12.0. The van der Waals surface area contributed by atoms with Crippen LogP contribution >= 0.6 is 11.6 Å². The van der Waals surface area contributed by atoms with E-state index in [4.69, 9.17) is 22.6 Å². The summed E-state index contributed by atoms with van der Waals surface area (Å²) in [5.41, 5.74) is 3.94. The fraction of sp³-hybridized carbons (Fsp3) is 0.0769. The molecule has 7 heteroatoms. The van der Waals surface area contributed by atoms with Crippen LogP contribution in [-0.2, 0) is 6.18 Å². The quantitative estimate of drug-likeness (QED) is 0.802. The molecule has 0 aliphatic heterocycles. The molecule has 1 heterocycles. The van der Waals surface area contributed by atoms with Gasteiger partial charge in [-0.15, -0.1) is 0 Å². The molecule has 0 fully saturated rings. The van der Waals surface area contributed by atoms with E-state index in [0.29, 0.717) is 0 Å². The third-order valence-electron chi connectivity index (χ3n) is 2.07. The number of rotatable bonds is 0. The predicted molar refractivity (Wildman–Crippen MR) is 69.8 cm³/mol. The van der Waals surface area contributed by atoms with Gasteiger partial charge >= 0.3 is 6.18 Å². The molecule has 0 saturated carbocycles. The summed E-state index contributed by atoms with van der Waals surface area (Å²) in [6, 6.07) is 12.8. The van der Waals surface area contributed by atoms with Gasteiger partial charge in [0, 0.05) is 5.02 Å². The second-order valence-corrected chi connectivity index (χ2v) is 3.97. The molecule has 104 valence electrons. The van der Waals surface area contributed by atoms with Crippen molar-refractivity contribution in [1.29, 1.82) is 5.26 Å². The lowest BCUT2D eigenvalue weighted by Gasteiger charge is -2.05. The van der Waals surface area contributed by atoms with Crippen molar-refractivity contribution in [2.24, 2.45) is 0 Å². The normalized spacial score (nSPS) is 10.2. The van der Waals surface area contributed by atoms with Crippen LogP contribution in [-0.4, -0.2) is 4.98 Å². The third-order valence-corrected chi connectivity index (χ3v) is 2.32. The molecule has 0 amide bonds. The molecule has 2 N–H and O–H groups in total. The molecule has 0 bridgehead atoms. The zero-order valence-electron chi connectivity index (χ0n) is 10.0. The van der Waals surface area contributed by atoms with E-state index in [1.54, 1.807) is 6.07 Å². The summed E-state index contributed by atoms with van der Waals surface area (Å²) < 4.78 is 36.0. The molecule has 1 aromatic carbocycles. The molecular formula is C13H9ClF3N3. The Bertz CT molecular complexity index is 606. The van der Waals surface area contributed by atoms with Gasteiger partial charge < -0.3 is 5.73 Å². The van der Waals surface area contributed by atoms with E-state index >= 15 is 0 Å². The first-order chi connectivity index (χ1) is 9.34. The van der Waals surface area contributed by atoms with Crippen LogP contribution in [0.15, 0.2) is 42.5 Å². The molecule has 0 radical (unpaired) electrons. The van der Waals surface area contributed by atoms with Crippen LogP contribution in [0.25, 0.3) is 0 Å². The number of nitriles is 1. The minimum atomic E-state index is -4.53. The van der Waals surface area contributed by atoms with E-state index in [0.717, 1.165) is 17.2 Å². The van der Waals surface area contributed by atoms with Crippen LogP contribution < -0.4 is 5.73 Å². The Morgan fingerprint density at radius 3 is 2.05 bits per heavy atom. The van der Waals surface area contributed by atoms with Crippen molar-refractivity contribution in [3.63, 3.8) is 0 Å². The number of pyridine rings is 1. The first-order valence-corrected chi connectivity index (χ1v) is 5.66. The molecule has 0 spiro atoms. The zero-order chi connectivity index (χ0) is 15.2. The number of aromatic nitrogens is 1. The van der Waals surface area contributed by atoms with Crippen molar-refractivity contribution < 1.29 is 13.2 Å². The summed E-state index contributed by atoms with van der Waals surface area (Å²) in [5, 5.41) is 9.15. The molecule has 0 unspecified atom stereocenters. The fourth-order valence-electron chi connectivity index (χ4n) is 1.14. The maximum absolute atomic E-state index is 12.0. The van der Waals surface area contributed by atoms with Crippen molar-refractivity contribution in [2.45, 2.75) is 6.18 Å². The second-order valence-electron chi connectivity index (χ2n) is 3.53. The van der Waals surface area contributed by atoms with Crippen molar-refractivity contribution in [1.82, 2.24) is 4.98 Å². The highest BCUT2D eigenvalue weighted by Gasteiger charge is 2.32. The van der Waals surface area contributed by atoms with Gasteiger partial charge in [0.25, 0.3) is 0 Å². The third kappa shape index (κ3) is 4.78. The molecule has 0 aliphatic rings. The van der Waals surface area contributed by atoms with Crippen molar-refractivity contribution >= 4 is 17.4 Å². The number of hydrogen-bond donors (Lipinski definition) is 1. The molecule has 20 heavy (non-hydrogen) atoms. The van der Waals surface area contributed by atoms with Gasteiger partial charge in [-0.3, -0.25) is 0 Å². The van der Waals surface area contributed by atoms with Crippen molar-refractivity contribution in [3.8, 4) is 6.07 Å². The van der Waals surface area contributed by atoms with E-state index in [1.807, 2.05) is 30.3 Å². The molecule has 2 rings (SSSR count). The average Bonchev–Trinajstić information content (AvgIpc) is 2.39. The van der Waals surface area contributed by atoms with Gasteiger partial charge in [-0.1, -0.05) is 29.8 Å². The van der Waals surface area contributed by atoms with Gasteiger partial charge in [0.05, 0.1) is 5.56 Å². The summed E-state index contributed by atoms with van der Waals surface area (Å²) in [4.78, 5) is 3.05. The SMILES string of the molecule is Clc1ccccc1.N#Cc1ccc(C(F)(F)F)nc1N. The number of nitrogens with zero attached hydrogens (tertiary/aromatic N) is 2. The fourth-order valence-corrected chi connectivity index (χ4v) is 1.29. The van der Waals surface area contributed by atoms with Gasteiger partial charge in [-0.05, 0) is 24.3 Å². The molecule has 3 nitrogen and oxygen atoms in total. The number of nitrogens with two attached hydrogens (primary N) is 1. The molecule has 0 saturated heterocycles. The average molecular weight is 300 g/mol. The van der Waals surface area contributed by atoms with Crippen LogP contribution in [0, 0.1) is 11.3 Å². The number of anilines is 1. The summed E-state index contributed by atoms with van der Waals surface area (Å²) in [5.74, 6) is -0.405.